The Morgan fingerprint density at radius 1 is 0.938 bits per heavy atom. The van der Waals surface area contributed by atoms with Crippen molar-refractivity contribution in [2.45, 2.75) is 11.8 Å². The van der Waals surface area contributed by atoms with Crippen molar-refractivity contribution in [2.75, 3.05) is 0 Å². The molecular formula is C7H15NaO7S. The number of hydrogen-bond donors (Lipinski definition) is 0. The minimum atomic E-state index is -4.27. The Labute approximate surface area is 116 Å². The maximum Gasteiger partial charge on any atom is 1.00 e. The Kier molecular flexibility index (Phi) is 21.3. The Morgan fingerprint density at radius 2 is 1.25 bits per heavy atom. The topological polar surface area (TPSA) is 183 Å². The Balaban J connectivity index is -0.0000000807. The first-order valence-corrected chi connectivity index (χ1v) is 4.43. The third-order valence-electron chi connectivity index (χ3n) is 1.31. The maximum absolute atomic E-state index is 10.4. The van der Waals surface area contributed by atoms with Gasteiger partial charge in [0.15, 0.2) is 0 Å². The van der Waals surface area contributed by atoms with Gasteiger partial charge in [0.2, 0.25) is 0 Å². The maximum atomic E-state index is 10.4. The summed E-state index contributed by atoms with van der Waals surface area (Å²) in [5, 5.41) is 0. The van der Waals surface area contributed by atoms with Gasteiger partial charge in [-0.3, -0.25) is 0 Å². The second-order valence-corrected chi connectivity index (χ2v) is 3.65. The van der Waals surface area contributed by atoms with E-state index in [1.54, 1.807) is 12.1 Å². The van der Waals surface area contributed by atoms with Gasteiger partial charge in [-0.15, -0.1) is 0 Å². The molecule has 0 heterocycles. The van der Waals surface area contributed by atoms with Crippen LogP contribution in [0.1, 0.15) is 5.56 Å². The number of benzene rings is 1. The fourth-order valence-corrected chi connectivity index (χ4v) is 1.17. The van der Waals surface area contributed by atoms with Crippen molar-refractivity contribution in [3.8, 4) is 0 Å². The van der Waals surface area contributed by atoms with Gasteiger partial charge in [0.25, 0.3) is 0 Å². The van der Waals surface area contributed by atoms with Gasteiger partial charge in [-0.25, -0.2) is 8.42 Å². The van der Waals surface area contributed by atoms with Gasteiger partial charge < -0.3 is 26.5 Å². The Morgan fingerprint density at radius 3 is 1.50 bits per heavy atom. The number of aryl methyl sites for hydroxylation is 1. The molecule has 8 N–H and O–H groups in total. The largest absolute Gasteiger partial charge is 1.00 e. The zero-order valence-electron chi connectivity index (χ0n) is 8.94. The monoisotopic (exact) mass is 266 g/mol. The van der Waals surface area contributed by atoms with Crippen molar-refractivity contribution < 1.29 is 64.4 Å². The summed E-state index contributed by atoms with van der Waals surface area (Å²) < 4.78 is 31.2. The van der Waals surface area contributed by atoms with Crippen molar-refractivity contribution in [3.05, 3.63) is 29.8 Å². The molecule has 1 aromatic carbocycles. The normalized spacial score (nSPS) is 7.88. The molecule has 16 heavy (non-hydrogen) atoms. The van der Waals surface area contributed by atoms with Crippen molar-refractivity contribution in [1.29, 1.82) is 0 Å². The van der Waals surface area contributed by atoms with E-state index in [1.165, 1.54) is 12.1 Å². The minimum absolute atomic E-state index is 0. The predicted octanol–water partition coefficient (Wildman–Crippen LogP) is -5.40. The molecule has 0 atom stereocenters. The molecule has 7 nitrogen and oxygen atoms in total. The molecule has 0 aliphatic rings. The van der Waals surface area contributed by atoms with E-state index in [2.05, 4.69) is 0 Å². The smallest absolute Gasteiger partial charge is 0.744 e. The van der Waals surface area contributed by atoms with Crippen LogP contribution >= 0.6 is 0 Å². The fourth-order valence-electron chi connectivity index (χ4n) is 0.705. The molecule has 0 spiro atoms. The van der Waals surface area contributed by atoms with E-state index < -0.39 is 10.1 Å². The predicted molar refractivity (Wildman–Crippen MR) is 53.6 cm³/mol. The van der Waals surface area contributed by atoms with E-state index in [0.29, 0.717) is 0 Å². The molecule has 1 rings (SSSR count). The molecule has 0 fully saturated rings. The molecule has 9 heteroatoms. The van der Waals surface area contributed by atoms with Gasteiger partial charge in [0.05, 0.1) is 4.90 Å². The van der Waals surface area contributed by atoms with Crippen LogP contribution in [-0.2, 0) is 10.1 Å². The van der Waals surface area contributed by atoms with Crippen molar-refractivity contribution in [3.63, 3.8) is 0 Å². The van der Waals surface area contributed by atoms with Crippen LogP contribution in [0, 0.1) is 6.92 Å². The molecule has 0 amide bonds. The summed E-state index contributed by atoms with van der Waals surface area (Å²) in [4.78, 5) is -0.178. The van der Waals surface area contributed by atoms with Gasteiger partial charge in [0, 0.05) is 0 Å². The number of hydrogen-bond acceptors (Lipinski definition) is 3. The van der Waals surface area contributed by atoms with E-state index >= 15 is 0 Å². The van der Waals surface area contributed by atoms with Crippen LogP contribution in [0.15, 0.2) is 29.2 Å². The molecule has 0 saturated heterocycles. The second kappa shape index (κ2) is 11.5. The molecule has 0 unspecified atom stereocenters. The van der Waals surface area contributed by atoms with Gasteiger partial charge >= 0.3 is 29.6 Å². The van der Waals surface area contributed by atoms with E-state index in [-0.39, 0.29) is 56.4 Å². The molecule has 1 aromatic rings. The van der Waals surface area contributed by atoms with E-state index in [9.17, 15) is 13.0 Å². The summed E-state index contributed by atoms with van der Waals surface area (Å²) >= 11 is 0. The molecule has 0 aliphatic heterocycles. The molecule has 0 radical (unpaired) electrons. The van der Waals surface area contributed by atoms with Crippen LogP contribution in [0.25, 0.3) is 0 Å². The Bertz CT molecular complexity index is 348. The summed E-state index contributed by atoms with van der Waals surface area (Å²) in [5.74, 6) is 0. The molecule has 0 saturated carbocycles. The third kappa shape index (κ3) is 9.21. The van der Waals surface area contributed by atoms with E-state index in [0.717, 1.165) is 5.56 Å². The van der Waals surface area contributed by atoms with E-state index in [1.807, 2.05) is 6.92 Å². The Hall–Kier alpha value is -0.0300. The first-order chi connectivity index (χ1) is 5.00. The zero-order chi connectivity index (χ0) is 8.48. The van der Waals surface area contributed by atoms with Gasteiger partial charge in [-0.05, 0) is 19.1 Å². The quantitative estimate of drug-likeness (QED) is 0.363. The van der Waals surface area contributed by atoms with Gasteiger partial charge in [0.1, 0.15) is 10.1 Å². The SMILES string of the molecule is Cc1ccc(S(=O)(=O)[O-])cc1.O.O.O.O.[Na+]. The summed E-state index contributed by atoms with van der Waals surface area (Å²) in [6.07, 6.45) is 0. The molecule has 0 aliphatic carbocycles. The van der Waals surface area contributed by atoms with Crippen LogP contribution in [0.3, 0.4) is 0 Å². The van der Waals surface area contributed by atoms with Crippen LogP contribution in [-0.4, -0.2) is 34.9 Å². The average molecular weight is 266 g/mol. The molecule has 92 valence electrons. The van der Waals surface area contributed by atoms with Crippen molar-refractivity contribution >= 4 is 10.1 Å². The summed E-state index contributed by atoms with van der Waals surface area (Å²) in [7, 11) is -4.27. The van der Waals surface area contributed by atoms with Crippen molar-refractivity contribution in [1.82, 2.24) is 0 Å². The van der Waals surface area contributed by atoms with Crippen molar-refractivity contribution in [2.24, 2.45) is 0 Å². The first-order valence-electron chi connectivity index (χ1n) is 3.03. The van der Waals surface area contributed by atoms with E-state index in [4.69, 9.17) is 0 Å². The second-order valence-electron chi connectivity index (χ2n) is 2.27. The first kappa shape index (κ1) is 29.7. The van der Waals surface area contributed by atoms with Crippen LogP contribution in [0.5, 0.6) is 0 Å². The van der Waals surface area contributed by atoms with Crippen LogP contribution in [0.4, 0.5) is 0 Å². The summed E-state index contributed by atoms with van der Waals surface area (Å²) in [5.41, 5.74) is 0.928. The molecule has 0 bridgehead atoms. The summed E-state index contributed by atoms with van der Waals surface area (Å²) in [6, 6.07) is 5.78. The fraction of sp³-hybridized carbons (Fsp3) is 0.143. The van der Waals surface area contributed by atoms with Gasteiger partial charge in [-0.1, -0.05) is 17.7 Å². The average Bonchev–Trinajstić information content (AvgIpc) is 1.86. The molecule has 0 aromatic heterocycles. The molecular weight excluding hydrogens is 251 g/mol. The van der Waals surface area contributed by atoms with Gasteiger partial charge in [-0.2, -0.15) is 0 Å². The summed E-state index contributed by atoms with van der Waals surface area (Å²) in [6.45, 7) is 1.82. The number of rotatable bonds is 1. The minimum Gasteiger partial charge on any atom is -0.744 e. The zero-order valence-corrected chi connectivity index (χ0v) is 11.8. The van der Waals surface area contributed by atoms with Crippen LogP contribution in [0.2, 0.25) is 0 Å². The standard InChI is InChI=1S/C7H8O3S.Na.4H2O/c1-6-2-4-7(5-3-6)11(8,9)10;;;;;/h2-5H,1H3,(H,8,9,10);;4*1H2/q;+1;;;;/p-1. The third-order valence-corrected chi connectivity index (χ3v) is 2.16. The van der Waals surface area contributed by atoms with Crippen LogP contribution < -0.4 is 29.6 Å².